The largest absolute Gasteiger partial charge is 0.459 e. The normalized spacial score (nSPS) is 34.4. The van der Waals surface area contributed by atoms with Crippen LogP contribution in [0.5, 0.6) is 0 Å². The fourth-order valence-electron chi connectivity index (χ4n) is 5.39. The Hall–Kier alpha value is -2.73. The van der Waals surface area contributed by atoms with Crippen LogP contribution >= 0.6 is 11.6 Å². The number of benzene rings is 2. The van der Waals surface area contributed by atoms with Crippen molar-refractivity contribution >= 4 is 29.2 Å². The molecule has 0 aliphatic carbocycles. The molecule has 0 bridgehead atoms. The Morgan fingerprint density at radius 1 is 0.957 bits per heavy atom. The van der Waals surface area contributed by atoms with Gasteiger partial charge in [-0.25, -0.2) is 4.79 Å². The molecule has 14 nitrogen and oxygen atoms in total. The number of rotatable bonds is 10. The summed E-state index contributed by atoms with van der Waals surface area (Å²) in [6.07, 6.45) is -13.7. The average Bonchev–Trinajstić information content (AvgIpc) is 3.05. The second-order valence-corrected chi connectivity index (χ2v) is 11.6. The minimum absolute atomic E-state index is 0.0571. The van der Waals surface area contributed by atoms with Crippen molar-refractivity contribution in [2.75, 3.05) is 18.5 Å². The number of anilines is 1. The minimum atomic E-state index is -1.69. The van der Waals surface area contributed by atoms with Crippen LogP contribution in [0.2, 0.25) is 5.02 Å². The number of hydrogen-bond donors (Lipinski definition) is 5. The van der Waals surface area contributed by atoms with Gasteiger partial charge in [0.25, 0.3) is 0 Å². The fraction of sp³-hybridized carbons (Fsp3) is 0.548. The quantitative estimate of drug-likeness (QED) is 0.227. The van der Waals surface area contributed by atoms with Crippen LogP contribution in [0.3, 0.4) is 0 Å². The molecule has 3 fully saturated rings. The van der Waals surface area contributed by atoms with Crippen LogP contribution in [-0.4, -0.2) is 113 Å². The summed E-state index contributed by atoms with van der Waals surface area (Å²) >= 11 is 6.16. The first-order chi connectivity index (χ1) is 22.0. The highest BCUT2D eigenvalue weighted by Crippen LogP contribution is 2.33. The van der Waals surface area contributed by atoms with Crippen molar-refractivity contribution in [1.82, 2.24) is 0 Å². The third-order valence-corrected chi connectivity index (χ3v) is 8.13. The number of halogens is 1. The summed E-state index contributed by atoms with van der Waals surface area (Å²) in [4.78, 5) is 24.3. The predicted octanol–water partition coefficient (Wildman–Crippen LogP) is 1.10. The van der Waals surface area contributed by atoms with Crippen LogP contribution in [0.1, 0.15) is 36.2 Å². The molecular weight excluding hydrogens is 630 g/mol. The third kappa shape index (κ3) is 8.03. The maximum absolute atomic E-state index is 12.7. The zero-order valence-corrected chi connectivity index (χ0v) is 25.9. The lowest BCUT2D eigenvalue weighted by molar-refractivity contribution is -0.384. The molecule has 11 atom stereocenters. The fourth-order valence-corrected chi connectivity index (χ4v) is 5.56. The molecule has 2 aromatic carbocycles. The van der Waals surface area contributed by atoms with Gasteiger partial charge < -0.3 is 58.9 Å². The third-order valence-electron chi connectivity index (χ3n) is 7.81. The molecule has 46 heavy (non-hydrogen) atoms. The first-order valence-electron chi connectivity index (χ1n) is 14.9. The molecule has 0 radical (unpaired) electrons. The van der Waals surface area contributed by atoms with Gasteiger partial charge in [0.15, 0.2) is 18.9 Å². The molecule has 1 unspecified atom stereocenters. The van der Waals surface area contributed by atoms with Crippen molar-refractivity contribution in [1.29, 1.82) is 0 Å². The Morgan fingerprint density at radius 2 is 1.70 bits per heavy atom. The van der Waals surface area contributed by atoms with E-state index in [-0.39, 0.29) is 24.7 Å². The summed E-state index contributed by atoms with van der Waals surface area (Å²) in [5, 5.41) is 46.9. The smallest absolute Gasteiger partial charge is 0.338 e. The molecule has 5 rings (SSSR count). The van der Waals surface area contributed by atoms with Crippen molar-refractivity contribution in [3.8, 4) is 0 Å². The Bertz CT molecular complexity index is 1330. The van der Waals surface area contributed by atoms with Crippen LogP contribution in [0, 0.1) is 0 Å². The zero-order chi connectivity index (χ0) is 33.0. The van der Waals surface area contributed by atoms with E-state index >= 15 is 0 Å². The number of nitrogens with one attached hydrogen (secondary N) is 1. The van der Waals surface area contributed by atoms with E-state index in [1.165, 1.54) is 6.92 Å². The molecule has 252 valence electrons. The van der Waals surface area contributed by atoms with E-state index in [9.17, 15) is 30.0 Å². The molecule has 2 aromatic rings. The molecular formula is C31H38ClNO13. The number of ether oxygens (including phenoxy) is 7. The number of hydrogen-bond acceptors (Lipinski definition) is 13. The van der Waals surface area contributed by atoms with Crippen LogP contribution in [0.15, 0.2) is 48.5 Å². The number of esters is 1. The van der Waals surface area contributed by atoms with E-state index in [1.54, 1.807) is 48.5 Å². The van der Waals surface area contributed by atoms with Crippen LogP contribution in [0.25, 0.3) is 0 Å². The lowest BCUT2D eigenvalue weighted by Crippen LogP contribution is -2.66. The van der Waals surface area contributed by atoms with Gasteiger partial charge in [-0.1, -0.05) is 42.8 Å². The summed E-state index contributed by atoms with van der Waals surface area (Å²) in [7, 11) is 0. The van der Waals surface area contributed by atoms with E-state index in [1.807, 2.05) is 6.92 Å². The number of carbonyl (C=O) groups is 2. The van der Waals surface area contributed by atoms with Gasteiger partial charge in [-0.3, -0.25) is 4.79 Å². The molecule has 3 saturated heterocycles. The summed E-state index contributed by atoms with van der Waals surface area (Å²) in [6, 6.07) is 13.0. The number of fused-ring (bicyclic) bond motifs is 1. The maximum atomic E-state index is 12.7. The molecule has 0 saturated carbocycles. The maximum Gasteiger partial charge on any atom is 0.338 e. The van der Waals surface area contributed by atoms with Crippen molar-refractivity contribution in [3.05, 3.63) is 64.7 Å². The monoisotopic (exact) mass is 667 g/mol. The van der Waals surface area contributed by atoms with E-state index in [4.69, 9.17) is 44.8 Å². The van der Waals surface area contributed by atoms with Gasteiger partial charge in [-0.15, -0.1) is 0 Å². The number of carbonyl (C=O) groups excluding carboxylic acids is 2. The number of aliphatic hydroxyl groups excluding tert-OH is 4. The van der Waals surface area contributed by atoms with Crippen molar-refractivity contribution in [2.45, 2.75) is 94.6 Å². The Kier molecular flexibility index (Phi) is 11.6. The highest BCUT2D eigenvalue weighted by atomic mass is 35.5. The van der Waals surface area contributed by atoms with Gasteiger partial charge >= 0.3 is 5.97 Å². The average molecular weight is 668 g/mol. The SMILES string of the molecule is CCC1OC[C@H]2O[C@H](O[C@H]3[C@H](O)[C@@H](O)[C@H](OCc4ccc(Cl)c(NC(C)=O)c4)O[C@@H]3COC(=O)c3ccccc3)[C@H](O)[C@@H](O)[C@@H]2O1. The molecule has 3 aliphatic rings. The minimum Gasteiger partial charge on any atom is -0.459 e. The van der Waals surface area contributed by atoms with E-state index in [0.29, 0.717) is 22.7 Å². The lowest BCUT2D eigenvalue weighted by atomic mass is 9.96. The summed E-state index contributed by atoms with van der Waals surface area (Å²) < 4.78 is 40.3. The molecule has 5 N–H and O–H groups in total. The van der Waals surface area contributed by atoms with Gasteiger partial charge in [0.1, 0.15) is 55.4 Å². The first kappa shape index (κ1) is 34.6. The van der Waals surface area contributed by atoms with Gasteiger partial charge in [0.05, 0.1) is 29.5 Å². The topological polar surface area (TPSA) is 192 Å². The van der Waals surface area contributed by atoms with Gasteiger partial charge in [-0.2, -0.15) is 0 Å². The van der Waals surface area contributed by atoms with Gasteiger partial charge in [0, 0.05) is 6.92 Å². The standard InChI is InChI=1S/C31H38ClNO13/c1-3-22-40-13-20-27(45-22)24(36)26(38)31(44-20)46-28-21(14-41-29(39)17-7-5-4-6-8-17)43-30(25(37)23(28)35)42-12-16-9-10-18(32)19(11-16)33-15(2)34/h4-11,20-28,30-31,35-38H,3,12-14H2,1-2H3,(H,33,34)/t20-,21-,22?,23-,24-,25-,26-,27-,28-,30-,31-/m1/s1. The highest BCUT2D eigenvalue weighted by molar-refractivity contribution is 6.33. The lowest BCUT2D eigenvalue weighted by Gasteiger charge is -2.48. The molecule has 15 heteroatoms. The summed E-state index contributed by atoms with van der Waals surface area (Å²) in [5.41, 5.74) is 1.19. The molecule has 1 amide bonds. The van der Waals surface area contributed by atoms with Crippen LogP contribution < -0.4 is 5.32 Å². The number of aliphatic hydroxyl groups is 4. The van der Waals surface area contributed by atoms with Crippen LogP contribution in [-0.2, 0) is 44.6 Å². The Balaban J connectivity index is 1.31. The second-order valence-electron chi connectivity index (χ2n) is 11.2. The second kappa shape index (κ2) is 15.4. The van der Waals surface area contributed by atoms with Gasteiger partial charge in [-0.05, 0) is 36.2 Å². The van der Waals surface area contributed by atoms with Crippen molar-refractivity contribution in [3.63, 3.8) is 0 Å². The van der Waals surface area contributed by atoms with E-state index in [2.05, 4.69) is 5.32 Å². The van der Waals surface area contributed by atoms with E-state index in [0.717, 1.165) is 0 Å². The summed E-state index contributed by atoms with van der Waals surface area (Å²) in [6.45, 7) is 2.67. The van der Waals surface area contributed by atoms with Crippen molar-refractivity contribution in [2.24, 2.45) is 0 Å². The first-order valence-corrected chi connectivity index (χ1v) is 15.3. The Morgan fingerprint density at radius 3 is 2.41 bits per heavy atom. The summed E-state index contributed by atoms with van der Waals surface area (Å²) in [5.74, 6) is -1.00. The molecule has 0 spiro atoms. The van der Waals surface area contributed by atoms with Crippen molar-refractivity contribution < 1.29 is 63.2 Å². The molecule has 3 aliphatic heterocycles. The number of amides is 1. The van der Waals surface area contributed by atoms with Crippen LogP contribution in [0.4, 0.5) is 5.69 Å². The molecule has 3 heterocycles. The van der Waals surface area contributed by atoms with E-state index < -0.39 is 80.3 Å². The van der Waals surface area contributed by atoms with Gasteiger partial charge in [0.2, 0.25) is 5.91 Å². The molecule has 0 aromatic heterocycles. The highest BCUT2D eigenvalue weighted by Gasteiger charge is 2.53. The zero-order valence-electron chi connectivity index (χ0n) is 25.1. The Labute approximate surface area is 270 Å². The predicted molar refractivity (Wildman–Crippen MR) is 158 cm³/mol.